The van der Waals surface area contributed by atoms with Gasteiger partial charge in [-0.15, -0.1) is 0 Å². The van der Waals surface area contributed by atoms with E-state index in [1.54, 1.807) is 0 Å². The molecule has 1 aliphatic carbocycles. The SMILES string of the molecule is NCC1C2=C(CCN1CCCc1ccc(Cl)c(Cl)c1)c1cc(Cl)ccc1C2. The Hall–Kier alpha value is -1.03. The van der Waals surface area contributed by atoms with Crippen LogP contribution in [0.25, 0.3) is 5.57 Å². The van der Waals surface area contributed by atoms with E-state index < -0.39 is 0 Å². The van der Waals surface area contributed by atoms with Crippen LogP contribution in [0.5, 0.6) is 0 Å². The molecule has 2 nitrogen and oxygen atoms in total. The van der Waals surface area contributed by atoms with Crippen molar-refractivity contribution in [2.45, 2.75) is 31.7 Å². The molecule has 0 saturated heterocycles. The van der Waals surface area contributed by atoms with Crippen LogP contribution in [0.2, 0.25) is 15.1 Å². The van der Waals surface area contributed by atoms with Crippen LogP contribution < -0.4 is 5.73 Å². The van der Waals surface area contributed by atoms with Gasteiger partial charge < -0.3 is 5.73 Å². The molecular weight excluding hydrogens is 399 g/mol. The van der Waals surface area contributed by atoms with Gasteiger partial charge in [-0.3, -0.25) is 4.90 Å². The van der Waals surface area contributed by atoms with Crippen LogP contribution in [0.15, 0.2) is 42.0 Å². The Morgan fingerprint density at radius 1 is 1.04 bits per heavy atom. The first-order valence-corrected chi connectivity index (χ1v) is 10.6. The van der Waals surface area contributed by atoms with E-state index in [1.807, 2.05) is 18.2 Å². The van der Waals surface area contributed by atoms with E-state index in [9.17, 15) is 0 Å². The van der Waals surface area contributed by atoms with Crippen LogP contribution >= 0.6 is 34.8 Å². The van der Waals surface area contributed by atoms with Crippen molar-refractivity contribution < 1.29 is 0 Å². The summed E-state index contributed by atoms with van der Waals surface area (Å²) in [5.74, 6) is 0. The first-order chi connectivity index (χ1) is 13.1. The fourth-order valence-electron chi connectivity index (χ4n) is 4.45. The lowest BCUT2D eigenvalue weighted by Gasteiger charge is -2.37. The van der Waals surface area contributed by atoms with Crippen molar-refractivity contribution in [3.63, 3.8) is 0 Å². The molecule has 1 aliphatic heterocycles. The molecule has 1 unspecified atom stereocenters. The minimum atomic E-state index is 0.328. The Morgan fingerprint density at radius 2 is 1.89 bits per heavy atom. The number of nitrogens with two attached hydrogens (primary N) is 1. The highest BCUT2D eigenvalue weighted by molar-refractivity contribution is 6.42. The second-order valence-corrected chi connectivity index (χ2v) is 8.62. The minimum absolute atomic E-state index is 0.328. The first-order valence-electron chi connectivity index (χ1n) is 9.45. The zero-order valence-electron chi connectivity index (χ0n) is 15.1. The van der Waals surface area contributed by atoms with Crippen LogP contribution in [0.4, 0.5) is 0 Å². The number of halogens is 3. The van der Waals surface area contributed by atoms with Crippen LogP contribution in [-0.2, 0) is 12.8 Å². The molecule has 4 rings (SSSR count). The zero-order valence-corrected chi connectivity index (χ0v) is 17.4. The normalized spacial score (nSPS) is 19.3. The van der Waals surface area contributed by atoms with Gasteiger partial charge in [0.25, 0.3) is 0 Å². The molecule has 1 heterocycles. The predicted octanol–water partition coefficient (Wildman–Crippen LogP) is 5.62. The van der Waals surface area contributed by atoms with Gasteiger partial charge in [-0.25, -0.2) is 0 Å². The quantitative estimate of drug-likeness (QED) is 0.678. The molecule has 0 fully saturated rings. The molecule has 0 aromatic heterocycles. The molecule has 0 bridgehead atoms. The average Bonchev–Trinajstić information content (AvgIpc) is 3.02. The van der Waals surface area contributed by atoms with Crippen molar-refractivity contribution >= 4 is 40.4 Å². The third kappa shape index (κ3) is 3.92. The van der Waals surface area contributed by atoms with Gasteiger partial charge in [-0.1, -0.05) is 46.9 Å². The van der Waals surface area contributed by atoms with Crippen LogP contribution in [0.3, 0.4) is 0 Å². The molecule has 2 aliphatic rings. The second kappa shape index (κ2) is 8.14. The first kappa shape index (κ1) is 19.3. The van der Waals surface area contributed by atoms with Gasteiger partial charge in [-0.05, 0) is 84.3 Å². The highest BCUT2D eigenvalue weighted by Gasteiger charge is 2.33. The van der Waals surface area contributed by atoms with E-state index in [2.05, 4.69) is 23.1 Å². The molecule has 2 N–H and O–H groups in total. The van der Waals surface area contributed by atoms with E-state index in [-0.39, 0.29) is 0 Å². The summed E-state index contributed by atoms with van der Waals surface area (Å²) in [6, 6.07) is 12.5. The predicted molar refractivity (Wildman–Crippen MR) is 116 cm³/mol. The maximum Gasteiger partial charge on any atom is 0.0595 e. The lowest BCUT2D eigenvalue weighted by molar-refractivity contribution is 0.217. The number of rotatable bonds is 5. The molecule has 27 heavy (non-hydrogen) atoms. The lowest BCUT2D eigenvalue weighted by atomic mass is 9.92. The molecule has 2 aromatic rings. The summed E-state index contributed by atoms with van der Waals surface area (Å²) in [6.45, 7) is 2.75. The van der Waals surface area contributed by atoms with Crippen molar-refractivity contribution in [3.05, 3.63) is 73.7 Å². The number of aryl methyl sites for hydroxylation is 1. The van der Waals surface area contributed by atoms with Crippen LogP contribution in [0.1, 0.15) is 29.5 Å². The zero-order chi connectivity index (χ0) is 19.0. The Balaban J connectivity index is 1.43. The summed E-state index contributed by atoms with van der Waals surface area (Å²) < 4.78 is 0. The number of hydrogen-bond donors (Lipinski definition) is 1. The molecule has 0 radical (unpaired) electrons. The summed E-state index contributed by atoms with van der Waals surface area (Å²) in [6.07, 6.45) is 4.15. The van der Waals surface area contributed by atoms with Crippen molar-refractivity contribution in [2.24, 2.45) is 5.73 Å². The number of nitrogens with zero attached hydrogens (tertiary/aromatic N) is 1. The van der Waals surface area contributed by atoms with Gasteiger partial charge in [0.2, 0.25) is 0 Å². The Labute approximate surface area is 175 Å². The maximum absolute atomic E-state index is 6.23. The minimum Gasteiger partial charge on any atom is -0.329 e. The van der Waals surface area contributed by atoms with E-state index >= 15 is 0 Å². The molecule has 0 spiro atoms. The maximum atomic E-state index is 6.23. The van der Waals surface area contributed by atoms with Crippen molar-refractivity contribution in [1.82, 2.24) is 4.90 Å². The van der Waals surface area contributed by atoms with Gasteiger partial charge in [-0.2, -0.15) is 0 Å². The van der Waals surface area contributed by atoms with Gasteiger partial charge in [0, 0.05) is 24.2 Å². The molecule has 1 atom stereocenters. The second-order valence-electron chi connectivity index (χ2n) is 7.37. The summed E-state index contributed by atoms with van der Waals surface area (Å²) in [5.41, 5.74) is 13.1. The summed E-state index contributed by atoms with van der Waals surface area (Å²) >= 11 is 18.4. The molecule has 0 amide bonds. The third-order valence-electron chi connectivity index (χ3n) is 5.78. The van der Waals surface area contributed by atoms with E-state index in [0.29, 0.717) is 22.6 Å². The summed E-state index contributed by atoms with van der Waals surface area (Å²) in [7, 11) is 0. The lowest BCUT2D eigenvalue weighted by Crippen LogP contribution is -2.45. The Bertz CT molecular complexity index is 891. The van der Waals surface area contributed by atoms with E-state index in [4.69, 9.17) is 40.5 Å². The summed E-state index contributed by atoms with van der Waals surface area (Å²) in [5, 5.41) is 2.06. The third-order valence-corrected chi connectivity index (χ3v) is 6.75. The monoisotopic (exact) mass is 420 g/mol. The molecule has 5 heteroatoms. The smallest absolute Gasteiger partial charge is 0.0595 e. The van der Waals surface area contributed by atoms with Crippen molar-refractivity contribution in [2.75, 3.05) is 19.6 Å². The Kier molecular flexibility index (Phi) is 5.82. The highest BCUT2D eigenvalue weighted by Crippen LogP contribution is 2.41. The molecule has 0 saturated carbocycles. The van der Waals surface area contributed by atoms with E-state index in [1.165, 1.54) is 27.8 Å². The van der Waals surface area contributed by atoms with Crippen molar-refractivity contribution in [3.8, 4) is 0 Å². The molecule has 2 aromatic carbocycles. The largest absolute Gasteiger partial charge is 0.329 e. The van der Waals surface area contributed by atoms with Crippen molar-refractivity contribution in [1.29, 1.82) is 0 Å². The average molecular weight is 422 g/mol. The van der Waals surface area contributed by atoms with Gasteiger partial charge in [0.15, 0.2) is 0 Å². The fraction of sp³-hybridized carbons (Fsp3) is 0.364. The number of benzene rings is 2. The molecular formula is C22H23Cl3N2. The summed E-state index contributed by atoms with van der Waals surface area (Å²) in [4.78, 5) is 2.55. The van der Waals surface area contributed by atoms with Gasteiger partial charge in [0.1, 0.15) is 0 Å². The highest BCUT2D eigenvalue weighted by atomic mass is 35.5. The Morgan fingerprint density at radius 3 is 2.67 bits per heavy atom. The van der Waals surface area contributed by atoms with Crippen LogP contribution in [-0.4, -0.2) is 30.6 Å². The van der Waals surface area contributed by atoms with E-state index in [0.717, 1.165) is 43.8 Å². The standard InChI is InChI=1S/C22H23Cl3N2/c23-16-5-4-15-11-19-17(18(15)12-16)7-9-27(22(19)13-26)8-1-2-14-3-6-20(24)21(25)10-14/h3-6,10,12,22H,1-2,7-9,11,13,26H2. The fourth-order valence-corrected chi connectivity index (χ4v) is 4.95. The number of hydrogen-bond acceptors (Lipinski definition) is 2. The van der Waals surface area contributed by atoms with Crippen LogP contribution in [0, 0.1) is 0 Å². The topological polar surface area (TPSA) is 29.3 Å². The van der Waals surface area contributed by atoms with Gasteiger partial charge in [0.05, 0.1) is 10.0 Å². The number of fused-ring (bicyclic) bond motifs is 2. The van der Waals surface area contributed by atoms with Gasteiger partial charge >= 0.3 is 0 Å². The molecule has 142 valence electrons.